The summed E-state index contributed by atoms with van der Waals surface area (Å²) < 4.78 is 12.1. The summed E-state index contributed by atoms with van der Waals surface area (Å²) in [6.07, 6.45) is 3.46. The van der Waals surface area contributed by atoms with Crippen molar-refractivity contribution in [3.8, 4) is 16.9 Å². The first-order valence-electron chi connectivity index (χ1n) is 12.9. The molecule has 1 saturated heterocycles. The Morgan fingerprint density at radius 2 is 1.64 bits per heavy atom. The third-order valence-electron chi connectivity index (χ3n) is 7.00. The van der Waals surface area contributed by atoms with Crippen LogP contribution in [0.4, 0.5) is 4.79 Å². The monoisotopic (exact) mass is 501 g/mol. The summed E-state index contributed by atoms with van der Waals surface area (Å²) in [6.45, 7) is 7.08. The highest BCUT2D eigenvalue weighted by Crippen LogP contribution is 2.41. The van der Waals surface area contributed by atoms with Gasteiger partial charge in [0.25, 0.3) is 0 Å². The Morgan fingerprint density at radius 1 is 0.944 bits per heavy atom. The zero-order chi connectivity index (χ0) is 25.2. The molecule has 3 aromatic carbocycles. The van der Waals surface area contributed by atoms with Gasteiger partial charge in [-0.1, -0.05) is 48.5 Å². The first-order chi connectivity index (χ1) is 17.3. The second kappa shape index (κ2) is 10.2. The van der Waals surface area contributed by atoms with Gasteiger partial charge in [-0.05, 0) is 80.1 Å². The number of piperidine rings is 1. The number of thioether (sulfide) groups is 1. The van der Waals surface area contributed by atoms with Crippen molar-refractivity contribution in [2.45, 2.75) is 68.3 Å². The van der Waals surface area contributed by atoms with Crippen LogP contribution in [0.2, 0.25) is 0 Å². The maximum Gasteiger partial charge on any atom is 0.410 e. The van der Waals surface area contributed by atoms with E-state index in [-0.39, 0.29) is 11.7 Å². The predicted octanol–water partition coefficient (Wildman–Crippen LogP) is 7.74. The van der Waals surface area contributed by atoms with Crippen molar-refractivity contribution in [1.82, 2.24) is 4.90 Å². The van der Waals surface area contributed by atoms with Crippen LogP contribution in [0.3, 0.4) is 0 Å². The van der Waals surface area contributed by atoms with Gasteiger partial charge < -0.3 is 14.4 Å². The molecule has 0 saturated carbocycles. The number of carbonyl (C=O) groups excluding carboxylic acids is 1. The molecule has 0 bridgehead atoms. The smallest absolute Gasteiger partial charge is 0.410 e. The van der Waals surface area contributed by atoms with Gasteiger partial charge in [0, 0.05) is 36.6 Å². The minimum Gasteiger partial charge on any atom is -0.487 e. The van der Waals surface area contributed by atoms with E-state index in [1.54, 1.807) is 0 Å². The number of benzene rings is 3. The molecule has 5 heteroatoms. The summed E-state index contributed by atoms with van der Waals surface area (Å²) in [6, 6.07) is 26.0. The molecule has 3 aromatic rings. The van der Waals surface area contributed by atoms with E-state index >= 15 is 0 Å². The Morgan fingerprint density at radius 3 is 2.33 bits per heavy atom. The van der Waals surface area contributed by atoms with Gasteiger partial charge in [0.05, 0.1) is 0 Å². The number of carbonyl (C=O) groups is 1. The Bertz CT molecular complexity index is 1190. The van der Waals surface area contributed by atoms with Crippen LogP contribution in [0.25, 0.3) is 11.1 Å². The molecule has 2 aliphatic heterocycles. The number of likely N-dealkylation sites (tertiary alicyclic amines) is 1. The van der Waals surface area contributed by atoms with Crippen molar-refractivity contribution in [3.05, 3.63) is 83.9 Å². The lowest BCUT2D eigenvalue weighted by Gasteiger charge is -2.44. The number of rotatable bonds is 4. The first-order valence-corrected chi connectivity index (χ1v) is 13.8. The molecule has 2 aliphatic rings. The molecule has 1 spiro atoms. The third kappa shape index (κ3) is 5.89. The highest BCUT2D eigenvalue weighted by Gasteiger charge is 2.41. The molecule has 2 heterocycles. The van der Waals surface area contributed by atoms with Crippen molar-refractivity contribution in [2.24, 2.45) is 0 Å². The van der Waals surface area contributed by atoms with Crippen LogP contribution in [-0.2, 0) is 16.9 Å². The van der Waals surface area contributed by atoms with E-state index in [1.807, 2.05) is 37.4 Å². The first kappa shape index (κ1) is 24.8. The highest BCUT2D eigenvalue weighted by atomic mass is 32.2. The predicted molar refractivity (Wildman–Crippen MR) is 147 cm³/mol. The summed E-state index contributed by atoms with van der Waals surface area (Å²) in [5.74, 6) is 1.96. The number of fused-ring (bicyclic) bond motifs is 1. The topological polar surface area (TPSA) is 38.8 Å². The van der Waals surface area contributed by atoms with Crippen molar-refractivity contribution in [3.63, 3.8) is 0 Å². The average Bonchev–Trinajstić information content (AvgIpc) is 2.87. The van der Waals surface area contributed by atoms with Crippen LogP contribution in [0.1, 0.15) is 51.2 Å². The quantitative estimate of drug-likeness (QED) is 0.343. The Balaban J connectivity index is 1.20. The summed E-state index contributed by atoms with van der Waals surface area (Å²) in [7, 11) is 0. The fourth-order valence-corrected chi connectivity index (χ4v) is 5.83. The second-order valence-electron chi connectivity index (χ2n) is 10.9. The van der Waals surface area contributed by atoms with Crippen LogP contribution in [-0.4, -0.2) is 35.3 Å². The van der Waals surface area contributed by atoms with Crippen molar-refractivity contribution >= 4 is 17.9 Å². The van der Waals surface area contributed by atoms with Crippen LogP contribution >= 0.6 is 11.8 Å². The molecule has 4 nitrogen and oxygen atoms in total. The van der Waals surface area contributed by atoms with Crippen molar-refractivity contribution in [2.75, 3.05) is 13.1 Å². The summed E-state index contributed by atoms with van der Waals surface area (Å²) in [5.41, 5.74) is 4.43. The fraction of sp³-hybridized carbons (Fsp3) is 0.387. The van der Waals surface area contributed by atoms with E-state index in [0.29, 0.717) is 13.1 Å². The van der Waals surface area contributed by atoms with Gasteiger partial charge in [-0.2, -0.15) is 0 Å². The number of amides is 1. The molecule has 1 amide bonds. The zero-order valence-corrected chi connectivity index (χ0v) is 22.3. The van der Waals surface area contributed by atoms with Gasteiger partial charge in [0.1, 0.15) is 17.0 Å². The van der Waals surface area contributed by atoms with Crippen molar-refractivity contribution < 1.29 is 14.3 Å². The van der Waals surface area contributed by atoms with E-state index in [1.165, 1.54) is 27.1 Å². The number of nitrogens with zero attached hydrogens (tertiary/aromatic N) is 1. The Labute approximate surface area is 219 Å². The minimum atomic E-state index is -0.467. The largest absolute Gasteiger partial charge is 0.487 e. The van der Waals surface area contributed by atoms with Gasteiger partial charge in [0.2, 0.25) is 0 Å². The fourth-order valence-electron chi connectivity index (χ4n) is 4.95. The molecule has 0 atom stereocenters. The third-order valence-corrected chi connectivity index (χ3v) is 8.08. The lowest BCUT2D eigenvalue weighted by molar-refractivity contribution is -0.0272. The summed E-state index contributed by atoms with van der Waals surface area (Å²) >= 11 is 1.86. The van der Waals surface area contributed by atoms with Crippen molar-refractivity contribution in [1.29, 1.82) is 0 Å². The lowest BCUT2D eigenvalue weighted by Crippen LogP contribution is -2.52. The number of ether oxygens (including phenoxy) is 2. The Hall–Kier alpha value is -2.92. The van der Waals surface area contributed by atoms with E-state index < -0.39 is 5.60 Å². The highest BCUT2D eigenvalue weighted by molar-refractivity contribution is 7.98. The SMILES string of the molecule is CC(C)(C)OC(=O)N1CCC2(CCc3cc(-c4ccc(CSc5ccccc5)cc4)ccc3O2)CC1. The standard InChI is InChI=1S/C31H35NO3S/c1-30(2,3)35-29(33)32-19-17-31(18-20-32)16-15-26-21-25(13-14-28(26)34-31)24-11-9-23(10-12-24)22-36-27-7-5-4-6-8-27/h4-14,21H,15-20,22H2,1-3H3. The number of aryl methyl sites for hydroxylation is 1. The molecule has 1 fully saturated rings. The van der Waals surface area contributed by atoms with Gasteiger partial charge >= 0.3 is 6.09 Å². The van der Waals surface area contributed by atoms with Crippen LogP contribution < -0.4 is 4.74 Å². The second-order valence-corrected chi connectivity index (χ2v) is 11.9. The summed E-state index contributed by atoms with van der Waals surface area (Å²) in [4.78, 5) is 15.6. The molecule has 188 valence electrons. The van der Waals surface area contributed by atoms with E-state index in [2.05, 4.69) is 72.8 Å². The van der Waals surface area contributed by atoms with Gasteiger partial charge in [0.15, 0.2) is 0 Å². The molecule has 0 unspecified atom stereocenters. The van der Waals surface area contributed by atoms with Gasteiger partial charge in [-0.15, -0.1) is 11.8 Å². The molecule has 36 heavy (non-hydrogen) atoms. The lowest BCUT2D eigenvalue weighted by atomic mass is 9.82. The summed E-state index contributed by atoms with van der Waals surface area (Å²) in [5, 5.41) is 0. The molecule has 5 rings (SSSR count). The molecular weight excluding hydrogens is 466 g/mol. The van der Waals surface area contributed by atoms with Crippen LogP contribution in [0.15, 0.2) is 77.7 Å². The Kier molecular flexibility index (Phi) is 7.03. The van der Waals surface area contributed by atoms with E-state index in [9.17, 15) is 4.79 Å². The maximum absolute atomic E-state index is 12.4. The van der Waals surface area contributed by atoms with Gasteiger partial charge in [-0.3, -0.25) is 0 Å². The number of hydrogen-bond acceptors (Lipinski definition) is 4. The molecule has 0 N–H and O–H groups in total. The van der Waals surface area contributed by atoms with Crippen LogP contribution in [0, 0.1) is 0 Å². The van der Waals surface area contributed by atoms with E-state index in [0.717, 1.165) is 37.2 Å². The normalized spacial score (nSPS) is 16.8. The molecule has 0 aromatic heterocycles. The van der Waals surface area contributed by atoms with Gasteiger partial charge in [-0.25, -0.2) is 4.79 Å². The van der Waals surface area contributed by atoms with Crippen LogP contribution in [0.5, 0.6) is 5.75 Å². The number of hydrogen-bond donors (Lipinski definition) is 0. The minimum absolute atomic E-state index is 0.175. The maximum atomic E-state index is 12.4. The average molecular weight is 502 g/mol. The molecule has 0 radical (unpaired) electrons. The van der Waals surface area contributed by atoms with E-state index in [4.69, 9.17) is 9.47 Å². The molecule has 0 aliphatic carbocycles. The molecular formula is C31H35NO3S. The zero-order valence-electron chi connectivity index (χ0n) is 21.5.